The molecule has 4 nitrogen and oxygen atoms in total. The van der Waals surface area contributed by atoms with Crippen LogP contribution in [0.5, 0.6) is 5.88 Å². The monoisotopic (exact) mass is 340 g/mol. The summed E-state index contributed by atoms with van der Waals surface area (Å²) in [6, 6.07) is 5.37. The lowest BCUT2D eigenvalue weighted by molar-refractivity contribution is 0.102. The number of nitrogens with zero attached hydrogens (tertiary/aromatic N) is 1. The van der Waals surface area contributed by atoms with Crippen LogP contribution in [0.3, 0.4) is 0 Å². The van der Waals surface area contributed by atoms with Gasteiger partial charge in [0.05, 0.1) is 6.10 Å². The molecule has 0 radical (unpaired) electrons. The summed E-state index contributed by atoms with van der Waals surface area (Å²) in [5.41, 5.74) is 0.571. The van der Waals surface area contributed by atoms with Crippen molar-refractivity contribution in [2.24, 2.45) is 0 Å². The molecule has 0 saturated carbocycles. The molecule has 2 heterocycles. The quantitative estimate of drug-likeness (QED) is 0.916. The van der Waals surface area contributed by atoms with Gasteiger partial charge in [0.25, 0.3) is 5.91 Å². The van der Waals surface area contributed by atoms with Gasteiger partial charge in [-0.05, 0) is 53.4 Å². The molecule has 0 spiro atoms. The normalized spacial score (nSPS) is 10.5. The average Bonchev–Trinajstić information content (AvgIpc) is 2.77. The first kappa shape index (κ1) is 14.0. The topological polar surface area (TPSA) is 51.2 Å². The van der Waals surface area contributed by atoms with Gasteiger partial charge in [0.2, 0.25) is 5.88 Å². The Kier molecular flexibility index (Phi) is 4.55. The number of amides is 1. The van der Waals surface area contributed by atoms with Crippen molar-refractivity contribution in [1.82, 2.24) is 4.98 Å². The van der Waals surface area contributed by atoms with Gasteiger partial charge in [0.15, 0.2) is 0 Å². The number of carbonyl (C=O) groups excluding carboxylic acids is 1. The lowest BCUT2D eigenvalue weighted by atomic mass is 10.3. The Labute approximate surface area is 124 Å². The van der Waals surface area contributed by atoms with Crippen LogP contribution in [0.15, 0.2) is 34.2 Å². The Morgan fingerprint density at radius 2 is 2.26 bits per heavy atom. The lowest BCUT2D eigenvalue weighted by Gasteiger charge is -2.13. The van der Waals surface area contributed by atoms with Gasteiger partial charge in [-0.1, -0.05) is 0 Å². The summed E-state index contributed by atoms with van der Waals surface area (Å²) in [5, 5.41) is 4.67. The van der Waals surface area contributed by atoms with Crippen LogP contribution in [-0.4, -0.2) is 17.0 Å². The van der Waals surface area contributed by atoms with Gasteiger partial charge in [-0.15, -0.1) is 11.3 Å². The van der Waals surface area contributed by atoms with Crippen molar-refractivity contribution in [1.29, 1.82) is 0 Å². The number of aromatic nitrogens is 1. The smallest absolute Gasteiger partial charge is 0.267 e. The van der Waals surface area contributed by atoms with Crippen molar-refractivity contribution in [3.63, 3.8) is 0 Å². The fourth-order valence-electron chi connectivity index (χ4n) is 1.44. The molecular formula is C13H13BrN2O2S. The van der Waals surface area contributed by atoms with Crippen LogP contribution in [0.1, 0.15) is 23.5 Å². The van der Waals surface area contributed by atoms with Gasteiger partial charge in [-0.3, -0.25) is 4.79 Å². The van der Waals surface area contributed by atoms with E-state index in [0.717, 1.165) is 4.47 Å². The maximum Gasteiger partial charge on any atom is 0.267 e. The number of carbonyl (C=O) groups is 1. The Morgan fingerprint density at radius 1 is 1.47 bits per heavy atom. The van der Waals surface area contributed by atoms with Crippen LogP contribution in [-0.2, 0) is 0 Å². The van der Waals surface area contributed by atoms with Crippen LogP contribution in [0.4, 0.5) is 5.69 Å². The lowest BCUT2D eigenvalue weighted by Crippen LogP contribution is -2.14. The highest BCUT2D eigenvalue weighted by molar-refractivity contribution is 9.10. The van der Waals surface area contributed by atoms with Crippen molar-refractivity contribution in [3.05, 3.63) is 39.1 Å². The summed E-state index contributed by atoms with van der Waals surface area (Å²) in [5.74, 6) is 0.252. The van der Waals surface area contributed by atoms with Gasteiger partial charge < -0.3 is 10.1 Å². The van der Waals surface area contributed by atoms with Gasteiger partial charge in [-0.25, -0.2) is 4.98 Å². The standard InChI is InChI=1S/C13H13BrN2O2S/c1-8(2)18-13-10(4-3-6-15-13)16-12(17)11-9(14)5-7-19-11/h3-8H,1-2H3,(H,16,17). The zero-order valence-electron chi connectivity index (χ0n) is 10.5. The van der Waals surface area contributed by atoms with Crippen LogP contribution < -0.4 is 10.1 Å². The maximum absolute atomic E-state index is 12.1. The highest BCUT2D eigenvalue weighted by Gasteiger charge is 2.15. The fourth-order valence-corrected chi connectivity index (χ4v) is 2.88. The molecule has 0 aliphatic heterocycles. The minimum atomic E-state index is -0.177. The van der Waals surface area contributed by atoms with E-state index in [0.29, 0.717) is 16.4 Å². The first-order valence-corrected chi connectivity index (χ1v) is 7.41. The number of thiophene rings is 1. The van der Waals surface area contributed by atoms with Gasteiger partial charge in [0.1, 0.15) is 10.6 Å². The Bertz CT molecular complexity index is 584. The number of nitrogens with one attached hydrogen (secondary N) is 1. The van der Waals surface area contributed by atoms with E-state index in [9.17, 15) is 4.79 Å². The van der Waals surface area contributed by atoms with Crippen molar-refractivity contribution >= 4 is 38.9 Å². The first-order valence-electron chi connectivity index (χ1n) is 5.74. The molecule has 2 aromatic heterocycles. The molecule has 1 amide bonds. The molecule has 1 N–H and O–H groups in total. The Balaban J connectivity index is 2.19. The number of anilines is 1. The molecule has 0 atom stereocenters. The maximum atomic E-state index is 12.1. The zero-order chi connectivity index (χ0) is 13.8. The van der Waals surface area contributed by atoms with E-state index in [-0.39, 0.29) is 12.0 Å². The van der Waals surface area contributed by atoms with Crippen LogP contribution >= 0.6 is 27.3 Å². The predicted molar refractivity (Wildman–Crippen MR) is 80.0 cm³/mol. The number of rotatable bonds is 4. The summed E-state index contributed by atoms with van der Waals surface area (Å²) < 4.78 is 6.34. The molecule has 100 valence electrons. The van der Waals surface area contributed by atoms with E-state index in [2.05, 4.69) is 26.2 Å². The van der Waals surface area contributed by atoms with E-state index in [4.69, 9.17) is 4.74 Å². The molecule has 2 rings (SSSR count). The average molecular weight is 341 g/mol. The van der Waals surface area contributed by atoms with Gasteiger partial charge in [-0.2, -0.15) is 0 Å². The molecule has 0 aliphatic rings. The summed E-state index contributed by atoms with van der Waals surface area (Å²) in [7, 11) is 0. The number of hydrogen-bond donors (Lipinski definition) is 1. The molecule has 0 bridgehead atoms. The molecule has 19 heavy (non-hydrogen) atoms. The number of hydrogen-bond acceptors (Lipinski definition) is 4. The Morgan fingerprint density at radius 3 is 2.89 bits per heavy atom. The second-order valence-corrected chi connectivity index (χ2v) is 5.84. The minimum Gasteiger partial charge on any atom is -0.473 e. The summed E-state index contributed by atoms with van der Waals surface area (Å²) in [6.07, 6.45) is 1.63. The van der Waals surface area contributed by atoms with E-state index in [1.807, 2.05) is 25.3 Å². The van der Waals surface area contributed by atoms with Crippen LogP contribution in [0.25, 0.3) is 0 Å². The summed E-state index contributed by atoms with van der Waals surface area (Å²) in [4.78, 5) is 16.9. The van der Waals surface area contributed by atoms with E-state index >= 15 is 0 Å². The second kappa shape index (κ2) is 6.16. The van der Waals surface area contributed by atoms with Crippen molar-refractivity contribution < 1.29 is 9.53 Å². The number of pyridine rings is 1. The fraction of sp³-hybridized carbons (Fsp3) is 0.231. The van der Waals surface area contributed by atoms with Crippen LogP contribution in [0.2, 0.25) is 0 Å². The van der Waals surface area contributed by atoms with Crippen molar-refractivity contribution in [3.8, 4) is 5.88 Å². The van der Waals surface area contributed by atoms with E-state index < -0.39 is 0 Å². The van der Waals surface area contributed by atoms with E-state index in [1.165, 1.54) is 11.3 Å². The minimum absolute atomic E-state index is 0.000902. The van der Waals surface area contributed by atoms with Crippen molar-refractivity contribution in [2.75, 3.05) is 5.32 Å². The van der Waals surface area contributed by atoms with E-state index in [1.54, 1.807) is 18.3 Å². The highest BCUT2D eigenvalue weighted by Crippen LogP contribution is 2.26. The number of halogens is 1. The van der Waals surface area contributed by atoms with Gasteiger partial charge >= 0.3 is 0 Å². The molecule has 0 fully saturated rings. The molecule has 0 unspecified atom stereocenters. The molecule has 2 aromatic rings. The first-order chi connectivity index (χ1) is 9.08. The van der Waals surface area contributed by atoms with Crippen molar-refractivity contribution in [2.45, 2.75) is 20.0 Å². The molecule has 0 aliphatic carbocycles. The zero-order valence-corrected chi connectivity index (χ0v) is 12.9. The summed E-state index contributed by atoms with van der Waals surface area (Å²) >= 11 is 4.72. The second-order valence-electron chi connectivity index (χ2n) is 4.07. The third-order valence-electron chi connectivity index (χ3n) is 2.19. The number of ether oxygens (including phenoxy) is 1. The Hall–Kier alpha value is -1.40. The molecule has 6 heteroatoms. The SMILES string of the molecule is CC(C)Oc1ncccc1NC(=O)c1sccc1Br. The summed E-state index contributed by atoms with van der Waals surface area (Å²) in [6.45, 7) is 3.83. The third kappa shape index (κ3) is 3.54. The predicted octanol–water partition coefficient (Wildman–Crippen LogP) is 3.95. The molecule has 0 saturated heterocycles. The van der Waals surface area contributed by atoms with Crippen LogP contribution in [0, 0.1) is 0 Å². The highest BCUT2D eigenvalue weighted by atomic mass is 79.9. The molecular weight excluding hydrogens is 328 g/mol. The molecule has 0 aromatic carbocycles. The van der Waals surface area contributed by atoms with Gasteiger partial charge in [0, 0.05) is 10.7 Å². The largest absolute Gasteiger partial charge is 0.473 e. The third-order valence-corrected chi connectivity index (χ3v) is 4.03.